The number of ketones is 2. The van der Waals surface area contributed by atoms with Gasteiger partial charge in [0.05, 0.1) is 47.3 Å². The molecular weight excluding hydrogens is 984 g/mol. The van der Waals surface area contributed by atoms with Crippen LogP contribution in [0.5, 0.6) is 0 Å². The molecule has 23 heteroatoms. The lowest BCUT2D eigenvalue weighted by atomic mass is 9.59. The molecule has 2 aliphatic rings. The van der Waals surface area contributed by atoms with Gasteiger partial charge in [0, 0.05) is 36.8 Å². The summed E-state index contributed by atoms with van der Waals surface area (Å²) in [7, 11) is -1.73. The van der Waals surface area contributed by atoms with Crippen LogP contribution in [0.1, 0.15) is 107 Å². The average Bonchev–Trinajstić information content (AvgIpc) is 3.85. The third-order valence-corrected chi connectivity index (χ3v) is 12.6. The Labute approximate surface area is 441 Å². The van der Waals surface area contributed by atoms with Gasteiger partial charge in [-0.1, -0.05) is 100 Å². The molecule has 2 saturated heterocycles. The molecule has 2 amide bonds. The van der Waals surface area contributed by atoms with Gasteiger partial charge in [0.25, 0.3) is 0 Å². The number of aromatic nitrogens is 2. The van der Waals surface area contributed by atoms with Crippen molar-refractivity contribution in [3.8, 4) is 22.5 Å². The number of benzene rings is 2. The summed E-state index contributed by atoms with van der Waals surface area (Å²) in [5.41, 5.74) is 3.37. The van der Waals surface area contributed by atoms with Crippen LogP contribution in [0.2, 0.25) is 0 Å². The first-order chi connectivity index (χ1) is 35.9. The maximum Gasteiger partial charge on any atom is 0.604 e. The fourth-order valence-electron chi connectivity index (χ4n) is 8.71. The smallest absolute Gasteiger partial charge is 0.599 e. The summed E-state index contributed by atoms with van der Waals surface area (Å²) in [6.45, 7) is 7.96. The van der Waals surface area contributed by atoms with Crippen LogP contribution in [0.15, 0.2) is 97.1 Å². The van der Waals surface area contributed by atoms with E-state index in [4.69, 9.17) is 19.5 Å². The van der Waals surface area contributed by atoms with E-state index in [-0.39, 0.29) is 74.2 Å². The summed E-state index contributed by atoms with van der Waals surface area (Å²) in [5, 5.41) is 61.1. The van der Waals surface area contributed by atoms with Crippen LogP contribution in [-0.4, -0.2) is 139 Å². The molecule has 76 heavy (non-hydrogen) atoms. The molecule has 21 nitrogen and oxygen atoms in total. The molecule has 0 aliphatic carbocycles. The number of hydrogen-bond acceptors (Lipinski definition) is 16. The van der Waals surface area contributed by atoms with E-state index in [2.05, 4.69) is 20.6 Å². The highest BCUT2D eigenvalue weighted by molar-refractivity contribution is 6.66. The van der Waals surface area contributed by atoms with Crippen molar-refractivity contribution in [3.05, 3.63) is 108 Å². The molecule has 0 radical (unpaired) electrons. The van der Waals surface area contributed by atoms with Crippen molar-refractivity contribution < 1.29 is 83.0 Å². The Bertz CT molecular complexity index is 2590. The number of aliphatic carboxylic acids is 2. The number of fused-ring (bicyclic) bond motifs is 1. The Morgan fingerprint density at radius 2 is 1.01 bits per heavy atom. The van der Waals surface area contributed by atoms with Crippen LogP contribution in [0, 0.1) is 23.7 Å². The molecule has 0 saturated carbocycles. The van der Waals surface area contributed by atoms with Crippen LogP contribution in [0.3, 0.4) is 0 Å². The highest BCUT2D eigenvalue weighted by Crippen LogP contribution is 2.24. The van der Waals surface area contributed by atoms with Crippen molar-refractivity contribution in [1.82, 2.24) is 20.6 Å². The number of Topliss-reactive ketones (excluding diaryl/α,β-unsaturated/α-hetero) is 2. The van der Waals surface area contributed by atoms with Gasteiger partial charge in [-0.3, -0.25) is 38.4 Å². The van der Waals surface area contributed by atoms with E-state index in [9.17, 15) is 58.6 Å². The molecule has 2 fully saturated rings. The molecule has 0 bridgehead atoms. The minimum atomic E-state index is -2.49. The molecule has 4 heterocycles. The first-order valence-corrected chi connectivity index (χ1v) is 25.2. The van der Waals surface area contributed by atoms with Gasteiger partial charge >= 0.3 is 37.7 Å². The summed E-state index contributed by atoms with van der Waals surface area (Å²) in [6, 6.07) is 29.0. The lowest BCUT2D eigenvalue weighted by Gasteiger charge is -2.38. The normalized spacial score (nSPS) is 17.9. The SMILES string of the molecule is CC(C)C[C@H](NC(=O)[C@@H](CC(=O)c1cccc(-c2ccccc2)n1)[C@@H](C)O)B(O)O.CC(C)C[C@H](NC(=O)[C@@H](CC(=O)c1cccc(-c2ccccc2)n1)[C@@H](C)O)[B-]12OC(=O)C[NH+]1CC(=O)O2.O=C(O)CCCC(=O)O. The van der Waals surface area contributed by atoms with Crippen LogP contribution in [0.25, 0.3) is 22.5 Å². The van der Waals surface area contributed by atoms with E-state index in [0.29, 0.717) is 29.0 Å². The van der Waals surface area contributed by atoms with Gasteiger partial charge in [0.1, 0.15) is 24.5 Å². The first-order valence-electron chi connectivity index (χ1n) is 25.2. The molecule has 2 aliphatic heterocycles. The molecule has 6 rings (SSSR count). The van der Waals surface area contributed by atoms with E-state index in [1.807, 2.05) is 88.4 Å². The van der Waals surface area contributed by atoms with Crippen LogP contribution in [0.4, 0.5) is 0 Å². The molecule has 0 unspecified atom stereocenters. The van der Waals surface area contributed by atoms with E-state index in [0.717, 1.165) is 11.1 Å². The van der Waals surface area contributed by atoms with Crippen LogP contribution < -0.4 is 15.4 Å². The number of amides is 2. The van der Waals surface area contributed by atoms with E-state index >= 15 is 0 Å². The first kappa shape index (κ1) is 61.4. The van der Waals surface area contributed by atoms with Gasteiger partial charge in [0.2, 0.25) is 11.8 Å². The molecule has 2 aromatic heterocycles. The summed E-state index contributed by atoms with van der Waals surface area (Å²) in [5.74, 6) is -8.47. The van der Waals surface area contributed by atoms with Gasteiger partial charge < -0.3 is 55.2 Å². The zero-order chi connectivity index (χ0) is 56.3. The molecule has 0 spiro atoms. The monoisotopic (exact) mass is 1050 g/mol. The Morgan fingerprint density at radius 1 is 0.605 bits per heavy atom. The van der Waals surface area contributed by atoms with Crippen molar-refractivity contribution in [1.29, 1.82) is 0 Å². The largest absolute Gasteiger partial charge is 0.604 e. The van der Waals surface area contributed by atoms with Crippen molar-refractivity contribution in [2.24, 2.45) is 23.7 Å². The average molecular weight is 1050 g/mol. The summed E-state index contributed by atoms with van der Waals surface area (Å²) < 4.78 is 11.1. The lowest BCUT2D eigenvalue weighted by molar-refractivity contribution is -0.777. The minimum Gasteiger partial charge on any atom is -0.599 e. The van der Waals surface area contributed by atoms with Crippen LogP contribution in [-0.2, 0) is 38.1 Å². The highest BCUT2D eigenvalue weighted by Gasteiger charge is 2.64. The standard InChI is InChI=1S/C26H32BN3O7.C22H29BN2O5.C5H8O4/c1-16(2)12-23(27-30(14-24(33)36-27)15-25(34)37-27)29-26(35)19(17(3)31)13-22(32)21-11-7-10-20(28-21)18-8-5-4-6-9-18;1-14(2)12-21(23(29)30)25-22(28)17(15(3)26)13-20(27)19-11-7-10-18(24-19)16-8-5-4-6-9-16;6-4(7)2-1-3-5(8)9/h4-11,16-17,19,23,30-31H,12-15H2,1-3H3,(H,29,35);4-11,14-15,17,21,26,29-30H,12-13H2,1-3H3,(H,25,28);1-3H2,(H,6,7)(H,8,9)/t17-,19+,23+;15-,17+,21+;/m11./s1. The predicted octanol–water partition coefficient (Wildman–Crippen LogP) is 2.51. The number of pyridine rings is 2. The second-order valence-corrected chi connectivity index (χ2v) is 19.8. The fourth-order valence-corrected chi connectivity index (χ4v) is 8.71. The van der Waals surface area contributed by atoms with E-state index in [1.165, 1.54) is 13.8 Å². The van der Waals surface area contributed by atoms with Crippen molar-refractivity contribution in [2.45, 2.75) is 111 Å². The van der Waals surface area contributed by atoms with E-state index in [1.54, 1.807) is 36.4 Å². The summed E-state index contributed by atoms with van der Waals surface area (Å²) in [4.78, 5) is 105. The maximum absolute atomic E-state index is 13.4. The quantitative estimate of drug-likeness (QED) is 0.0360. The van der Waals surface area contributed by atoms with Gasteiger partial charge in [0.15, 0.2) is 11.6 Å². The Kier molecular flexibility index (Phi) is 23.6. The fraction of sp³-hybridized carbons (Fsp3) is 0.434. The number of carbonyl (C=O) groups excluding carboxylic acids is 6. The number of nitrogens with one attached hydrogen (secondary N) is 3. The number of carboxylic acid groups (broad SMARTS) is 2. The zero-order valence-electron chi connectivity index (χ0n) is 43.5. The number of rotatable bonds is 24. The lowest BCUT2D eigenvalue weighted by Crippen LogP contribution is -3.21. The Morgan fingerprint density at radius 3 is 1.38 bits per heavy atom. The topological polar surface area (TPSA) is 331 Å². The molecule has 9 N–H and O–H groups in total. The summed E-state index contributed by atoms with van der Waals surface area (Å²) >= 11 is 0. The molecule has 2 aromatic carbocycles. The number of aliphatic hydroxyl groups is 2. The number of hydrogen-bond donors (Lipinski definition) is 9. The number of nitrogens with zero attached hydrogens (tertiary/aromatic N) is 2. The molecule has 408 valence electrons. The molecule has 4 aromatic rings. The van der Waals surface area contributed by atoms with Gasteiger partial charge in [-0.15, -0.1) is 0 Å². The second-order valence-electron chi connectivity index (χ2n) is 19.8. The number of quaternary nitrogens is 1. The Hall–Kier alpha value is -7.17. The molecule has 6 atom stereocenters. The van der Waals surface area contributed by atoms with E-state index < -0.39 is 91.2 Å². The molecular formula is C53H69B2N5O16. The summed E-state index contributed by atoms with van der Waals surface area (Å²) in [6.07, 6.45) is -1.96. The van der Waals surface area contributed by atoms with Crippen molar-refractivity contribution in [3.63, 3.8) is 0 Å². The third-order valence-electron chi connectivity index (χ3n) is 12.6. The number of carboxylic acids is 2. The third kappa shape index (κ3) is 18.6. The maximum atomic E-state index is 13.4. The van der Waals surface area contributed by atoms with Gasteiger partial charge in [-0.2, -0.15) is 0 Å². The second kappa shape index (κ2) is 29.2. The zero-order valence-corrected chi connectivity index (χ0v) is 43.5. The number of aliphatic hydroxyl groups excluding tert-OH is 2. The minimum absolute atomic E-state index is 0.0298. The van der Waals surface area contributed by atoms with Crippen molar-refractivity contribution in [2.75, 3.05) is 13.1 Å². The van der Waals surface area contributed by atoms with Gasteiger partial charge in [-0.25, -0.2) is 9.97 Å². The van der Waals surface area contributed by atoms with Crippen LogP contribution >= 0.6 is 0 Å². The Balaban J connectivity index is 0.000000287. The highest BCUT2D eigenvalue weighted by atomic mass is 16.7. The number of carbonyl (C=O) groups is 8. The van der Waals surface area contributed by atoms with Gasteiger partial charge in [-0.05, 0) is 69.2 Å². The van der Waals surface area contributed by atoms with Crippen molar-refractivity contribution >= 4 is 61.1 Å². The predicted molar refractivity (Wildman–Crippen MR) is 278 cm³/mol.